The molecular formula is C21H19NO. The molecule has 4 aromatic rings. The summed E-state index contributed by atoms with van der Waals surface area (Å²) in [5, 5.41) is 1.08. The highest BCUT2D eigenvalue weighted by atomic mass is 16.3. The molecule has 4 rings (SSSR count). The second-order valence-corrected chi connectivity index (χ2v) is 6.39. The lowest BCUT2D eigenvalue weighted by molar-refractivity contribution is 0.668. The van der Waals surface area contributed by atoms with E-state index in [4.69, 9.17) is 9.40 Å². The first-order chi connectivity index (χ1) is 11.1. The topological polar surface area (TPSA) is 26.0 Å². The Hall–Kier alpha value is -2.61. The van der Waals surface area contributed by atoms with Crippen LogP contribution in [-0.2, 0) is 0 Å². The lowest BCUT2D eigenvalue weighted by Gasteiger charge is -2.04. The number of rotatable bonds is 2. The van der Waals surface area contributed by atoms with Crippen molar-refractivity contribution in [1.82, 2.24) is 4.98 Å². The molecule has 0 atom stereocenters. The number of hydrogen-bond donors (Lipinski definition) is 0. The van der Waals surface area contributed by atoms with Crippen molar-refractivity contribution in [2.75, 3.05) is 0 Å². The summed E-state index contributed by atoms with van der Waals surface area (Å²) in [7, 11) is 0. The zero-order valence-electron chi connectivity index (χ0n) is 13.6. The van der Waals surface area contributed by atoms with E-state index in [1.807, 2.05) is 6.07 Å². The Bertz CT molecular complexity index is 1010. The molecule has 0 unspecified atom stereocenters. The van der Waals surface area contributed by atoms with Crippen LogP contribution in [-0.4, -0.2) is 4.98 Å². The van der Waals surface area contributed by atoms with Gasteiger partial charge in [-0.3, -0.25) is 0 Å². The molecule has 0 aliphatic rings. The first-order valence-electron chi connectivity index (χ1n) is 8.02. The summed E-state index contributed by atoms with van der Waals surface area (Å²) in [6.45, 7) is 6.43. The molecule has 0 spiro atoms. The summed E-state index contributed by atoms with van der Waals surface area (Å²) in [4.78, 5) is 4.82. The molecule has 2 aromatic carbocycles. The van der Waals surface area contributed by atoms with Crippen molar-refractivity contribution in [3.8, 4) is 11.1 Å². The fourth-order valence-electron chi connectivity index (χ4n) is 3.04. The minimum atomic E-state index is 0.407. The second kappa shape index (κ2) is 5.24. The maximum absolute atomic E-state index is 6.15. The van der Waals surface area contributed by atoms with Crippen molar-refractivity contribution in [3.05, 3.63) is 65.9 Å². The zero-order valence-corrected chi connectivity index (χ0v) is 13.6. The molecule has 23 heavy (non-hydrogen) atoms. The molecule has 114 valence electrons. The fraction of sp³-hybridized carbons (Fsp3) is 0.190. The van der Waals surface area contributed by atoms with Crippen molar-refractivity contribution < 1.29 is 4.42 Å². The molecule has 0 radical (unpaired) electrons. The summed E-state index contributed by atoms with van der Waals surface area (Å²) < 4.78 is 6.15. The van der Waals surface area contributed by atoms with Gasteiger partial charge in [0.2, 0.25) is 0 Å². The molecule has 2 heterocycles. The zero-order chi connectivity index (χ0) is 16.0. The van der Waals surface area contributed by atoms with E-state index in [9.17, 15) is 0 Å². The highest BCUT2D eigenvalue weighted by Crippen LogP contribution is 2.35. The Kier molecular flexibility index (Phi) is 3.19. The minimum Gasteiger partial charge on any atom is -0.454 e. The minimum absolute atomic E-state index is 0.407. The van der Waals surface area contributed by atoms with Crippen molar-refractivity contribution >= 4 is 22.1 Å². The number of aromatic nitrogens is 1. The largest absolute Gasteiger partial charge is 0.454 e. The third kappa shape index (κ3) is 2.31. The Morgan fingerprint density at radius 3 is 2.57 bits per heavy atom. The highest BCUT2D eigenvalue weighted by Gasteiger charge is 2.14. The van der Waals surface area contributed by atoms with Gasteiger partial charge < -0.3 is 4.42 Å². The molecule has 0 bridgehead atoms. The molecule has 2 heteroatoms. The fourth-order valence-corrected chi connectivity index (χ4v) is 3.04. The van der Waals surface area contributed by atoms with Crippen LogP contribution >= 0.6 is 0 Å². The number of hydrogen-bond acceptors (Lipinski definition) is 2. The van der Waals surface area contributed by atoms with Gasteiger partial charge in [-0.2, -0.15) is 0 Å². The molecular weight excluding hydrogens is 282 g/mol. The van der Waals surface area contributed by atoms with Gasteiger partial charge in [0.15, 0.2) is 5.58 Å². The number of pyridine rings is 1. The Balaban J connectivity index is 2.02. The predicted octanol–water partition coefficient (Wildman–Crippen LogP) is 6.08. The van der Waals surface area contributed by atoms with Gasteiger partial charge in [-0.05, 0) is 36.6 Å². The molecule has 0 amide bonds. The third-order valence-corrected chi connectivity index (χ3v) is 4.28. The van der Waals surface area contributed by atoms with E-state index in [0.717, 1.165) is 33.3 Å². The first kappa shape index (κ1) is 14.0. The van der Waals surface area contributed by atoms with Crippen molar-refractivity contribution in [2.24, 2.45) is 0 Å². The molecule has 0 fully saturated rings. The SMILES string of the molecule is Cc1cccc(-c2cccc3c2oc2ccc(C(C)C)nc23)c1. The average molecular weight is 301 g/mol. The number of aryl methyl sites for hydroxylation is 1. The van der Waals surface area contributed by atoms with Gasteiger partial charge in [-0.1, -0.05) is 55.8 Å². The lowest BCUT2D eigenvalue weighted by atomic mass is 10.0. The van der Waals surface area contributed by atoms with Crippen LogP contribution in [0.3, 0.4) is 0 Å². The van der Waals surface area contributed by atoms with E-state index in [2.05, 4.69) is 69.3 Å². The van der Waals surface area contributed by atoms with E-state index in [1.54, 1.807) is 0 Å². The molecule has 2 aromatic heterocycles. The predicted molar refractivity (Wildman–Crippen MR) is 95.8 cm³/mol. The van der Waals surface area contributed by atoms with Gasteiger partial charge in [0, 0.05) is 16.6 Å². The smallest absolute Gasteiger partial charge is 0.153 e. The molecule has 0 aliphatic heterocycles. The lowest BCUT2D eigenvalue weighted by Crippen LogP contribution is -1.91. The number of nitrogens with zero attached hydrogens (tertiary/aromatic N) is 1. The maximum atomic E-state index is 6.15. The van der Waals surface area contributed by atoms with Crippen LogP contribution in [0.5, 0.6) is 0 Å². The van der Waals surface area contributed by atoms with Crippen LogP contribution < -0.4 is 0 Å². The van der Waals surface area contributed by atoms with E-state index >= 15 is 0 Å². The Morgan fingerprint density at radius 2 is 1.78 bits per heavy atom. The number of fused-ring (bicyclic) bond motifs is 3. The van der Waals surface area contributed by atoms with Crippen LogP contribution in [0.2, 0.25) is 0 Å². The maximum Gasteiger partial charge on any atom is 0.153 e. The normalized spacial score (nSPS) is 11.7. The Labute approximate surface area is 135 Å². The summed E-state index contributed by atoms with van der Waals surface area (Å²) in [5.74, 6) is 0.407. The van der Waals surface area contributed by atoms with Crippen LogP contribution in [0.25, 0.3) is 33.2 Å². The standard InChI is InChI=1S/C21H19NO/c1-13(2)18-10-11-19-20(22-18)17-9-5-8-16(21(17)23-19)15-7-4-6-14(3)12-15/h4-13H,1-3H3. The third-order valence-electron chi connectivity index (χ3n) is 4.28. The summed E-state index contributed by atoms with van der Waals surface area (Å²) in [6.07, 6.45) is 0. The molecule has 2 nitrogen and oxygen atoms in total. The van der Waals surface area contributed by atoms with Crippen molar-refractivity contribution in [1.29, 1.82) is 0 Å². The highest BCUT2D eigenvalue weighted by molar-refractivity contribution is 6.07. The van der Waals surface area contributed by atoms with Gasteiger partial charge >= 0.3 is 0 Å². The molecule has 0 N–H and O–H groups in total. The molecule has 0 saturated carbocycles. The van der Waals surface area contributed by atoms with Gasteiger partial charge in [0.05, 0.1) is 0 Å². The van der Waals surface area contributed by atoms with Gasteiger partial charge in [-0.15, -0.1) is 0 Å². The van der Waals surface area contributed by atoms with E-state index < -0.39 is 0 Å². The van der Waals surface area contributed by atoms with Crippen LogP contribution in [0.1, 0.15) is 31.0 Å². The summed E-state index contributed by atoms with van der Waals surface area (Å²) in [6, 6.07) is 18.9. The van der Waals surface area contributed by atoms with Crippen LogP contribution in [0, 0.1) is 6.92 Å². The van der Waals surface area contributed by atoms with Gasteiger partial charge in [0.25, 0.3) is 0 Å². The van der Waals surface area contributed by atoms with Crippen LogP contribution in [0.4, 0.5) is 0 Å². The molecule has 0 aliphatic carbocycles. The monoisotopic (exact) mass is 301 g/mol. The van der Waals surface area contributed by atoms with Crippen molar-refractivity contribution in [2.45, 2.75) is 26.7 Å². The van der Waals surface area contributed by atoms with E-state index in [0.29, 0.717) is 5.92 Å². The second-order valence-electron chi connectivity index (χ2n) is 6.39. The number of para-hydroxylation sites is 1. The number of benzene rings is 2. The summed E-state index contributed by atoms with van der Waals surface area (Å²) >= 11 is 0. The van der Waals surface area contributed by atoms with Crippen molar-refractivity contribution in [3.63, 3.8) is 0 Å². The van der Waals surface area contributed by atoms with Crippen LogP contribution in [0.15, 0.2) is 59.0 Å². The Morgan fingerprint density at radius 1 is 0.957 bits per heavy atom. The van der Waals surface area contributed by atoms with Gasteiger partial charge in [-0.25, -0.2) is 4.98 Å². The number of furan rings is 1. The summed E-state index contributed by atoms with van der Waals surface area (Å²) in [5.41, 5.74) is 7.37. The first-order valence-corrected chi connectivity index (χ1v) is 8.02. The molecule has 0 saturated heterocycles. The van der Waals surface area contributed by atoms with E-state index in [1.165, 1.54) is 11.1 Å². The quantitative estimate of drug-likeness (QED) is 0.448. The van der Waals surface area contributed by atoms with E-state index in [-0.39, 0.29) is 0 Å². The van der Waals surface area contributed by atoms with Gasteiger partial charge in [0.1, 0.15) is 11.1 Å². The average Bonchev–Trinajstić information content (AvgIpc) is 2.92.